The molecule has 3 unspecified atom stereocenters. The van der Waals surface area contributed by atoms with Crippen molar-refractivity contribution in [3.05, 3.63) is 59.2 Å². The van der Waals surface area contributed by atoms with E-state index in [-0.39, 0.29) is 41.0 Å². The van der Waals surface area contributed by atoms with Gasteiger partial charge in [0.15, 0.2) is 0 Å². The average molecular weight is 790 g/mol. The minimum absolute atomic E-state index is 0.00948. The van der Waals surface area contributed by atoms with Gasteiger partial charge in [0.1, 0.15) is 16.8 Å². The van der Waals surface area contributed by atoms with E-state index in [4.69, 9.17) is 29.3 Å². The molecule has 2 fully saturated rings. The first-order chi connectivity index (χ1) is 26.6. The van der Waals surface area contributed by atoms with Gasteiger partial charge in [-0.2, -0.15) is 5.26 Å². The molecule has 1 saturated heterocycles. The molecule has 2 aromatic rings. The van der Waals surface area contributed by atoms with E-state index in [1.807, 2.05) is 45.2 Å². The van der Waals surface area contributed by atoms with Crippen LogP contribution in [0.2, 0.25) is 0 Å². The highest BCUT2D eigenvalue weighted by atomic mass is 32.2. The Hall–Kier alpha value is -3.20. The Bertz CT molecular complexity index is 1430. The van der Waals surface area contributed by atoms with Crippen LogP contribution in [0.1, 0.15) is 112 Å². The summed E-state index contributed by atoms with van der Waals surface area (Å²) in [7, 11) is 0. The summed E-state index contributed by atoms with van der Waals surface area (Å²) in [5, 5.41) is 37.5. The first-order valence-corrected chi connectivity index (χ1v) is 20.3. The number of thiocyanates is 1. The summed E-state index contributed by atoms with van der Waals surface area (Å²) in [5.74, 6) is -2.07. The van der Waals surface area contributed by atoms with Crippen molar-refractivity contribution in [2.75, 3.05) is 72.4 Å². The van der Waals surface area contributed by atoms with Crippen molar-refractivity contribution in [2.24, 2.45) is 0 Å². The van der Waals surface area contributed by atoms with Gasteiger partial charge in [-0.15, -0.1) is 0 Å². The van der Waals surface area contributed by atoms with Crippen molar-refractivity contribution in [3.63, 3.8) is 0 Å². The Kier molecular flexibility index (Phi) is 23.9. The van der Waals surface area contributed by atoms with Crippen molar-refractivity contribution in [3.8, 4) is 5.40 Å². The maximum atomic E-state index is 11.7. The number of hydrogen-bond donors (Lipinski definition) is 3. The number of hydrogen-bond acceptors (Lipinski definition) is 13. The van der Waals surface area contributed by atoms with E-state index in [1.54, 1.807) is 12.1 Å². The molecule has 1 aliphatic carbocycles. The number of fused-ring (bicyclic) bond motifs is 1. The van der Waals surface area contributed by atoms with Gasteiger partial charge < -0.3 is 34.3 Å². The number of aromatic nitrogens is 2. The molecule has 308 valence electrons. The van der Waals surface area contributed by atoms with E-state index in [1.165, 1.54) is 12.1 Å². The summed E-state index contributed by atoms with van der Waals surface area (Å²) >= 11 is 1.09. The van der Waals surface area contributed by atoms with Gasteiger partial charge in [0.05, 0.1) is 75.9 Å². The van der Waals surface area contributed by atoms with E-state index in [2.05, 4.69) is 26.7 Å². The molecule has 15 heteroatoms. The van der Waals surface area contributed by atoms with Gasteiger partial charge in [0.2, 0.25) is 0 Å². The second-order valence-electron chi connectivity index (χ2n) is 13.6. The lowest BCUT2D eigenvalue weighted by atomic mass is 10.0. The van der Waals surface area contributed by atoms with E-state index in [0.717, 1.165) is 56.0 Å². The maximum Gasteiger partial charge on any atom is 0.354 e. The van der Waals surface area contributed by atoms with Crippen LogP contribution in [0.15, 0.2) is 36.4 Å². The predicted octanol–water partition coefficient (Wildman–Crippen LogP) is 5.91. The van der Waals surface area contributed by atoms with Gasteiger partial charge in [-0.1, -0.05) is 45.7 Å². The molecule has 1 aliphatic heterocycles. The SMILES string of the molecule is CC.CC(C)(CO)SC#N.CCCCC(c1cccc(C(=O)O)n1)N1CCOCCOCCN(Cc2cccc(C(=O)O)n2)CCOC2CCCC2OCC1. The number of aromatic carboxylic acids is 2. The zero-order valence-corrected chi connectivity index (χ0v) is 34.2. The number of carboxylic acid groups (broad SMARTS) is 2. The lowest BCUT2D eigenvalue weighted by Crippen LogP contribution is -2.38. The van der Waals surface area contributed by atoms with Crippen molar-refractivity contribution >= 4 is 23.7 Å². The molecule has 0 amide bonds. The third-order valence-corrected chi connectivity index (χ3v) is 9.78. The van der Waals surface area contributed by atoms with Crippen LogP contribution in [-0.4, -0.2) is 136 Å². The number of rotatable bonds is 11. The molecule has 3 N–H and O–H groups in total. The zero-order valence-electron chi connectivity index (χ0n) is 33.4. The minimum atomic E-state index is -1.04. The number of unbranched alkanes of at least 4 members (excludes halogenated alkanes) is 1. The van der Waals surface area contributed by atoms with E-state index in [9.17, 15) is 19.8 Å². The zero-order chi connectivity index (χ0) is 40.5. The molecule has 0 bridgehead atoms. The Morgan fingerprint density at radius 3 is 2.04 bits per heavy atom. The molecule has 3 atom stereocenters. The monoisotopic (exact) mass is 789 g/mol. The summed E-state index contributed by atoms with van der Waals surface area (Å²) < 4.78 is 24.3. The van der Waals surface area contributed by atoms with E-state index < -0.39 is 11.9 Å². The summed E-state index contributed by atoms with van der Waals surface area (Å²) in [6.45, 7) is 15.9. The minimum Gasteiger partial charge on any atom is -0.477 e. The van der Waals surface area contributed by atoms with Crippen molar-refractivity contribution in [1.29, 1.82) is 5.26 Å². The van der Waals surface area contributed by atoms with E-state index in [0.29, 0.717) is 78.1 Å². The number of thioether (sulfide) groups is 1. The summed E-state index contributed by atoms with van der Waals surface area (Å²) in [6, 6.07) is 10.2. The highest BCUT2D eigenvalue weighted by molar-refractivity contribution is 8.05. The average Bonchev–Trinajstić information content (AvgIpc) is 3.63. The summed E-state index contributed by atoms with van der Waals surface area (Å²) in [6.07, 6.45) is 5.83. The van der Waals surface area contributed by atoms with Gasteiger partial charge >= 0.3 is 11.9 Å². The molecular formula is C40H63N5O9S. The molecule has 0 aromatic carbocycles. The standard InChI is InChI=1S/C33H48N4O8.C5H9NOS.C2H6/c1-2-3-11-29(26-8-5-10-28(35-26)33(40)41)37-16-19-43-23-22-42-18-14-36(24-25-7-4-9-27(34-25)32(38)39)15-20-44-30-12-6-13-31(30)45-21-17-37;1-5(2,3-7)8-4-6;1-2/h4-5,7-10,29-31H,2-3,6,11-24H2,1H3,(H,38,39)(H,40,41);7H,3H2,1-2H3;1-2H3. The number of nitrogens with zero attached hydrogens (tertiary/aromatic N) is 5. The number of carbonyl (C=O) groups is 2. The van der Waals surface area contributed by atoms with Gasteiger partial charge in [-0.05, 0) is 75.6 Å². The number of nitriles is 1. The third kappa shape index (κ3) is 18.5. The quantitative estimate of drug-likeness (QED) is 0.228. The molecule has 0 radical (unpaired) electrons. The van der Waals surface area contributed by atoms with Crippen LogP contribution in [0.5, 0.6) is 0 Å². The molecular weight excluding hydrogens is 727 g/mol. The number of pyridine rings is 2. The Balaban J connectivity index is 0.000000927. The molecule has 4 rings (SSSR count). The van der Waals surface area contributed by atoms with Crippen LogP contribution in [-0.2, 0) is 25.5 Å². The smallest absolute Gasteiger partial charge is 0.354 e. The molecule has 2 aromatic heterocycles. The fourth-order valence-electron chi connectivity index (χ4n) is 6.06. The largest absolute Gasteiger partial charge is 0.477 e. The van der Waals surface area contributed by atoms with Crippen molar-refractivity contribution in [1.82, 2.24) is 19.8 Å². The predicted molar refractivity (Wildman–Crippen MR) is 212 cm³/mol. The lowest BCUT2D eigenvalue weighted by molar-refractivity contribution is -0.0688. The van der Waals surface area contributed by atoms with Crippen LogP contribution < -0.4 is 0 Å². The normalized spacial score (nSPS) is 20.2. The third-order valence-electron chi connectivity index (χ3n) is 9.01. The van der Waals surface area contributed by atoms with Gasteiger partial charge in [-0.25, -0.2) is 19.6 Å². The van der Waals surface area contributed by atoms with Crippen LogP contribution in [0.25, 0.3) is 0 Å². The Morgan fingerprint density at radius 1 is 0.891 bits per heavy atom. The lowest BCUT2D eigenvalue weighted by Gasteiger charge is -2.32. The highest BCUT2D eigenvalue weighted by Crippen LogP contribution is 2.28. The topological polar surface area (TPSA) is 188 Å². The molecule has 2 aliphatic rings. The van der Waals surface area contributed by atoms with Crippen molar-refractivity contribution in [2.45, 2.75) is 103 Å². The number of carboxylic acids is 2. The first kappa shape index (κ1) is 48.0. The summed E-state index contributed by atoms with van der Waals surface area (Å²) in [4.78, 5) is 36.3. The molecule has 55 heavy (non-hydrogen) atoms. The molecule has 14 nitrogen and oxygen atoms in total. The second kappa shape index (κ2) is 27.4. The number of ether oxygens (including phenoxy) is 4. The van der Waals surface area contributed by atoms with Gasteiger partial charge in [0, 0.05) is 37.5 Å². The fourth-order valence-corrected chi connectivity index (χ4v) is 6.37. The molecule has 3 heterocycles. The molecule has 0 spiro atoms. The maximum absolute atomic E-state index is 11.7. The molecule has 1 saturated carbocycles. The van der Waals surface area contributed by atoms with Gasteiger partial charge in [-0.3, -0.25) is 9.80 Å². The fraction of sp³-hybridized carbons (Fsp3) is 0.675. The van der Waals surface area contributed by atoms with Gasteiger partial charge in [0.25, 0.3) is 0 Å². The van der Waals surface area contributed by atoms with Crippen LogP contribution in [0.3, 0.4) is 0 Å². The van der Waals surface area contributed by atoms with Crippen LogP contribution in [0, 0.1) is 10.7 Å². The highest BCUT2D eigenvalue weighted by Gasteiger charge is 2.30. The summed E-state index contributed by atoms with van der Waals surface area (Å²) in [5.41, 5.74) is 1.53. The number of aliphatic hydroxyl groups excluding tert-OH is 1. The number of aliphatic hydroxyl groups is 1. The Morgan fingerprint density at radius 2 is 1.45 bits per heavy atom. The Labute approximate surface area is 331 Å². The first-order valence-electron chi connectivity index (χ1n) is 19.5. The second-order valence-corrected chi connectivity index (χ2v) is 15.1. The van der Waals surface area contributed by atoms with Crippen LogP contribution in [0.4, 0.5) is 0 Å². The van der Waals surface area contributed by atoms with Crippen LogP contribution >= 0.6 is 11.8 Å². The van der Waals surface area contributed by atoms with Crippen molar-refractivity contribution < 1.29 is 43.9 Å². The van der Waals surface area contributed by atoms with E-state index >= 15 is 0 Å².